The van der Waals surface area contributed by atoms with Crippen LogP contribution in [-0.4, -0.2) is 35.4 Å². The molecule has 8 nitrogen and oxygen atoms in total. The lowest BCUT2D eigenvalue weighted by Gasteiger charge is -2.20. The van der Waals surface area contributed by atoms with Crippen LogP contribution in [0.5, 0.6) is 23.0 Å². The van der Waals surface area contributed by atoms with Crippen LogP contribution in [0.3, 0.4) is 0 Å². The summed E-state index contributed by atoms with van der Waals surface area (Å²) in [6.45, 7) is 4.42. The zero-order chi connectivity index (χ0) is 39.7. The molecule has 4 rings (SSSR count). The average Bonchev–Trinajstić information content (AvgIpc) is 3.12. The second-order valence-electron chi connectivity index (χ2n) is 11.4. The molecule has 14 heteroatoms. The lowest BCUT2D eigenvalue weighted by Crippen LogP contribution is -2.23. The van der Waals surface area contributed by atoms with E-state index in [-0.39, 0.29) is 29.6 Å². The van der Waals surface area contributed by atoms with Crippen LogP contribution in [-0.2, 0) is 21.8 Å². The monoisotopic (exact) mass is 760 g/mol. The van der Waals surface area contributed by atoms with E-state index in [0.717, 1.165) is 49.6 Å². The molecule has 0 aromatic heterocycles. The van der Waals surface area contributed by atoms with E-state index in [2.05, 4.69) is 9.47 Å². The predicted molar refractivity (Wildman–Crippen MR) is 189 cm³/mol. The van der Waals surface area contributed by atoms with Crippen LogP contribution in [0.4, 0.5) is 26.3 Å². The third-order valence-corrected chi connectivity index (χ3v) is 7.14. The third kappa shape index (κ3) is 13.6. The molecule has 4 aromatic rings. The van der Waals surface area contributed by atoms with Crippen molar-refractivity contribution in [2.45, 2.75) is 51.7 Å². The SMILES string of the molecule is CCCCOc1ccc(C(F)(F)Oc2ccc(/C=C/C(=O)O)cc2)cc1F.CCCCOc1cccc(C(F)(F)Oc2ccc(/C=C/C(=O)O)cc2)c1F. The number of ether oxygens (including phenoxy) is 4. The second kappa shape index (κ2) is 20.4. The van der Waals surface area contributed by atoms with Gasteiger partial charge in [-0.25, -0.2) is 18.4 Å². The minimum atomic E-state index is -3.91. The van der Waals surface area contributed by atoms with Gasteiger partial charge in [-0.15, -0.1) is 0 Å². The summed E-state index contributed by atoms with van der Waals surface area (Å²) in [5, 5.41) is 17.1. The van der Waals surface area contributed by atoms with Crippen LogP contribution in [0.2, 0.25) is 0 Å². The van der Waals surface area contributed by atoms with Crippen molar-refractivity contribution in [2.24, 2.45) is 0 Å². The molecule has 0 bridgehead atoms. The van der Waals surface area contributed by atoms with E-state index in [9.17, 15) is 35.9 Å². The zero-order valence-corrected chi connectivity index (χ0v) is 29.2. The molecule has 0 atom stereocenters. The molecule has 0 spiro atoms. The molecule has 0 heterocycles. The first-order valence-corrected chi connectivity index (χ1v) is 16.7. The fraction of sp³-hybridized carbons (Fsp3) is 0.250. The molecule has 54 heavy (non-hydrogen) atoms. The number of aliphatic carboxylic acids is 2. The minimum absolute atomic E-state index is 0.0856. The number of hydrogen-bond donors (Lipinski definition) is 2. The molecule has 0 aliphatic rings. The van der Waals surface area contributed by atoms with E-state index in [1.54, 1.807) is 0 Å². The van der Waals surface area contributed by atoms with Crippen molar-refractivity contribution in [1.29, 1.82) is 0 Å². The van der Waals surface area contributed by atoms with Crippen molar-refractivity contribution in [3.8, 4) is 23.0 Å². The van der Waals surface area contributed by atoms with E-state index in [1.807, 2.05) is 13.8 Å². The number of unbranched alkanes of at least 4 members (excludes halogenated alkanes) is 2. The maximum Gasteiger partial charge on any atom is 0.429 e. The molecule has 288 valence electrons. The van der Waals surface area contributed by atoms with E-state index >= 15 is 0 Å². The molecule has 0 saturated carbocycles. The van der Waals surface area contributed by atoms with Crippen LogP contribution < -0.4 is 18.9 Å². The number of carboxylic acid groups (broad SMARTS) is 2. The van der Waals surface area contributed by atoms with Gasteiger partial charge in [-0.05, 0) is 90.7 Å². The second-order valence-corrected chi connectivity index (χ2v) is 11.4. The van der Waals surface area contributed by atoms with Crippen molar-refractivity contribution in [3.05, 3.63) is 131 Å². The van der Waals surface area contributed by atoms with Crippen molar-refractivity contribution in [2.75, 3.05) is 13.2 Å². The summed E-state index contributed by atoms with van der Waals surface area (Å²) in [7, 11) is 0. The van der Waals surface area contributed by atoms with Crippen molar-refractivity contribution >= 4 is 24.1 Å². The van der Waals surface area contributed by atoms with Crippen molar-refractivity contribution in [1.82, 2.24) is 0 Å². The van der Waals surface area contributed by atoms with Gasteiger partial charge >= 0.3 is 24.2 Å². The molecule has 0 saturated heterocycles. The Kier molecular flexibility index (Phi) is 16.0. The number of hydrogen-bond acceptors (Lipinski definition) is 6. The molecular weight excluding hydrogens is 722 g/mol. The van der Waals surface area contributed by atoms with Crippen LogP contribution >= 0.6 is 0 Å². The number of alkyl halides is 4. The van der Waals surface area contributed by atoms with Gasteiger partial charge in [0, 0.05) is 12.2 Å². The maximum absolute atomic E-state index is 14.4. The van der Waals surface area contributed by atoms with Crippen LogP contribution in [0.15, 0.2) is 97.1 Å². The Labute approximate surface area is 307 Å². The summed E-state index contributed by atoms with van der Waals surface area (Å²) < 4.78 is 106. The highest BCUT2D eigenvalue weighted by Gasteiger charge is 2.39. The van der Waals surface area contributed by atoms with Crippen LogP contribution in [0.1, 0.15) is 61.8 Å². The van der Waals surface area contributed by atoms with Gasteiger partial charge < -0.3 is 29.2 Å². The topological polar surface area (TPSA) is 112 Å². The third-order valence-electron chi connectivity index (χ3n) is 7.14. The van der Waals surface area contributed by atoms with Crippen molar-refractivity contribution in [3.63, 3.8) is 0 Å². The number of rotatable bonds is 18. The Morgan fingerprint density at radius 1 is 0.648 bits per heavy atom. The Bertz CT molecular complexity index is 1880. The summed E-state index contributed by atoms with van der Waals surface area (Å²) >= 11 is 0. The summed E-state index contributed by atoms with van der Waals surface area (Å²) in [6, 6.07) is 17.1. The zero-order valence-electron chi connectivity index (χ0n) is 29.2. The summed E-state index contributed by atoms with van der Waals surface area (Å²) in [6.07, 6.45) is -0.0703. The quantitative estimate of drug-likeness (QED) is 0.0586. The van der Waals surface area contributed by atoms with E-state index < -0.39 is 46.9 Å². The molecule has 0 amide bonds. The van der Waals surface area contributed by atoms with Gasteiger partial charge in [0.05, 0.1) is 18.8 Å². The molecule has 0 fully saturated rings. The van der Waals surface area contributed by atoms with Gasteiger partial charge in [0.1, 0.15) is 17.1 Å². The van der Waals surface area contributed by atoms with Gasteiger partial charge in [-0.2, -0.15) is 17.6 Å². The van der Waals surface area contributed by atoms with E-state index in [0.29, 0.717) is 30.2 Å². The Morgan fingerprint density at radius 3 is 1.59 bits per heavy atom. The number of carboxylic acids is 2. The van der Waals surface area contributed by atoms with E-state index in [4.69, 9.17) is 19.7 Å². The summed E-state index contributed by atoms with van der Waals surface area (Å²) in [5.41, 5.74) is -0.567. The highest BCUT2D eigenvalue weighted by molar-refractivity contribution is 5.85. The molecule has 4 aromatic carbocycles. The Balaban J connectivity index is 0.000000290. The predicted octanol–water partition coefficient (Wildman–Crippen LogP) is 10.5. The van der Waals surface area contributed by atoms with Gasteiger partial charge in [0.2, 0.25) is 0 Å². The number of halogens is 6. The first-order chi connectivity index (χ1) is 25.6. The van der Waals surface area contributed by atoms with E-state index in [1.165, 1.54) is 72.8 Å². The lowest BCUT2D eigenvalue weighted by atomic mass is 10.1. The molecule has 2 N–H and O–H groups in total. The van der Waals surface area contributed by atoms with Gasteiger partial charge in [-0.1, -0.05) is 57.0 Å². The molecule has 0 unspecified atom stereocenters. The number of benzene rings is 4. The molecule has 0 aliphatic carbocycles. The maximum atomic E-state index is 14.4. The number of carbonyl (C=O) groups is 2. The highest BCUT2D eigenvalue weighted by Crippen LogP contribution is 2.37. The van der Waals surface area contributed by atoms with Gasteiger partial charge in [0.25, 0.3) is 0 Å². The molecule has 0 aliphatic heterocycles. The highest BCUT2D eigenvalue weighted by atomic mass is 19.3. The first-order valence-electron chi connectivity index (χ1n) is 16.7. The van der Waals surface area contributed by atoms with Gasteiger partial charge in [0.15, 0.2) is 23.1 Å². The normalized spacial score (nSPS) is 11.6. The fourth-order valence-corrected chi connectivity index (χ4v) is 4.34. The van der Waals surface area contributed by atoms with Crippen LogP contribution in [0, 0.1) is 11.6 Å². The molecule has 0 radical (unpaired) electrons. The lowest BCUT2D eigenvalue weighted by molar-refractivity contribution is -0.187. The fourth-order valence-electron chi connectivity index (χ4n) is 4.34. The minimum Gasteiger partial charge on any atom is -0.491 e. The summed E-state index contributed by atoms with van der Waals surface area (Å²) in [4.78, 5) is 20.9. The van der Waals surface area contributed by atoms with Crippen molar-refractivity contribution < 1.29 is 65.1 Å². The summed E-state index contributed by atoms with van der Waals surface area (Å²) in [5.74, 6) is -4.97. The largest absolute Gasteiger partial charge is 0.491 e. The Hall–Kier alpha value is -5.92. The standard InChI is InChI=1S/2C20H19F3O4/c1-2-3-12-26-18-10-7-15(13-17(18)21)20(22,23)27-16-8-4-14(5-9-16)6-11-19(24)25;1-2-3-13-26-17-6-4-5-16(19(17)21)20(22,23)27-15-10-7-14(8-11-15)9-12-18(24)25/h4-11,13H,2-3,12H2,1H3,(H,24,25);4-12H,2-3,13H2,1H3,(H,24,25)/b11-6+;12-9+. The Morgan fingerprint density at radius 2 is 1.13 bits per heavy atom. The smallest absolute Gasteiger partial charge is 0.429 e. The average molecular weight is 761 g/mol. The molecular formula is C40H38F6O8. The van der Waals surface area contributed by atoms with Gasteiger partial charge in [-0.3, -0.25) is 0 Å². The van der Waals surface area contributed by atoms with Crippen LogP contribution in [0.25, 0.3) is 12.2 Å². The first kappa shape index (κ1) is 42.5.